The molecule has 9 N–H and O–H groups in total. The van der Waals surface area contributed by atoms with Gasteiger partial charge in [0.25, 0.3) is 0 Å². The van der Waals surface area contributed by atoms with Crippen molar-refractivity contribution < 1.29 is 113 Å². The molecule has 1 aliphatic carbocycles. The van der Waals surface area contributed by atoms with E-state index < -0.39 is 154 Å². The van der Waals surface area contributed by atoms with Crippen LogP contribution in [-0.4, -0.2) is 191 Å². The molecule has 4 heterocycles. The molecule has 0 aromatic rings. The molecule has 378 valence electrons. The van der Waals surface area contributed by atoms with E-state index in [2.05, 4.69) is 0 Å². The number of aliphatic hydroxyl groups is 9. The average molecular weight is 961 g/mol. The predicted octanol–water partition coefficient (Wildman–Crippen LogP) is -2.29. The summed E-state index contributed by atoms with van der Waals surface area (Å²) in [5.41, 5.74) is 0.291. The number of hydrogen-bond acceptors (Lipinski definition) is 23. The van der Waals surface area contributed by atoms with Gasteiger partial charge in [-0.1, -0.05) is 26.0 Å². The summed E-state index contributed by atoms with van der Waals surface area (Å²) in [7, 11) is 2.27. The summed E-state index contributed by atoms with van der Waals surface area (Å²) in [6.07, 6.45) is -15.2. The van der Waals surface area contributed by atoms with E-state index in [1.165, 1.54) is 12.2 Å². The minimum atomic E-state index is -1.78. The lowest BCUT2D eigenvalue weighted by Crippen LogP contribution is -2.60. The molecule has 0 bridgehead atoms. The molecule has 4 aliphatic heterocycles. The maximum atomic E-state index is 13.9. The van der Waals surface area contributed by atoms with E-state index in [0.717, 1.165) is 26.7 Å². The fourth-order valence-electron chi connectivity index (χ4n) is 9.19. The zero-order valence-corrected chi connectivity index (χ0v) is 38.0. The number of allylic oxidation sites excluding steroid dienone is 2. The number of carbonyl (C=O) groups is 4. The van der Waals surface area contributed by atoms with Gasteiger partial charge in [-0.05, 0) is 38.0 Å². The molecular weight excluding hydrogens is 896 g/mol. The van der Waals surface area contributed by atoms with E-state index in [9.17, 15) is 65.1 Å². The quantitative estimate of drug-likeness (QED) is 0.0421. The van der Waals surface area contributed by atoms with Crippen molar-refractivity contribution in [3.8, 4) is 0 Å². The smallest absolute Gasteiger partial charge is 0.337 e. The van der Waals surface area contributed by atoms with E-state index in [1.54, 1.807) is 27.7 Å². The Morgan fingerprint density at radius 1 is 0.701 bits per heavy atom. The molecule has 0 spiro atoms. The van der Waals surface area contributed by atoms with Gasteiger partial charge >= 0.3 is 23.9 Å². The van der Waals surface area contributed by atoms with Crippen molar-refractivity contribution in [1.82, 2.24) is 0 Å². The Bertz CT molecular complexity index is 1840. The second-order valence-corrected chi connectivity index (χ2v) is 17.1. The summed E-state index contributed by atoms with van der Waals surface area (Å²) in [6, 6.07) is 0. The van der Waals surface area contributed by atoms with Crippen LogP contribution in [0.2, 0.25) is 0 Å². The topological polar surface area (TPSA) is 343 Å². The second kappa shape index (κ2) is 24.0. The molecule has 1 saturated carbocycles. The lowest BCUT2D eigenvalue weighted by molar-refractivity contribution is -0.327. The Hall–Kier alpha value is -4.08. The van der Waals surface area contributed by atoms with Gasteiger partial charge in [-0.15, -0.1) is 0 Å². The molecule has 0 unspecified atom stereocenters. The van der Waals surface area contributed by atoms with Gasteiger partial charge in [0.05, 0.1) is 70.6 Å². The summed E-state index contributed by atoms with van der Waals surface area (Å²) in [6.45, 7) is 4.89. The Balaban J connectivity index is 1.27. The highest BCUT2D eigenvalue weighted by Crippen LogP contribution is 2.44. The normalized spacial score (nSPS) is 39.3. The summed E-state index contributed by atoms with van der Waals surface area (Å²) < 4.78 is 55.7. The van der Waals surface area contributed by atoms with Gasteiger partial charge in [0.15, 0.2) is 12.6 Å². The van der Waals surface area contributed by atoms with E-state index >= 15 is 0 Å². The van der Waals surface area contributed by atoms with Crippen molar-refractivity contribution in [3.05, 3.63) is 47.0 Å². The zero-order valence-electron chi connectivity index (χ0n) is 38.0. The van der Waals surface area contributed by atoms with Gasteiger partial charge < -0.3 is 93.3 Å². The highest BCUT2D eigenvalue weighted by molar-refractivity contribution is 5.91. The maximum absolute atomic E-state index is 13.9. The van der Waals surface area contributed by atoms with Gasteiger partial charge in [-0.2, -0.15) is 0 Å². The summed E-state index contributed by atoms with van der Waals surface area (Å²) in [4.78, 5) is 53.4. The van der Waals surface area contributed by atoms with Crippen molar-refractivity contribution in [2.45, 2.75) is 127 Å². The monoisotopic (exact) mass is 960 g/mol. The fourth-order valence-corrected chi connectivity index (χ4v) is 9.19. The standard InChI is InChI=1S/C44H64O23/c1-7-20-23(26(39(56)58-5)16-61-41(20)66-43-37(54)35(52)33(50)29(13-46)64-43)10-31(48)60-15-25-19(4)28(9-22(25)18(3)12-45)63-32(49)11-24-21(8-2)42(62-17-27(24)40(57)59-6)67-44-38(55)36(53)34(51)30(14-47)65-44/h7-8,16-19,22-25,28-30,33-38,41-47,50-55H,9-15H2,1-6H3/b20-7+,21-8+/t18-,19-,22-,23-,24-,25-,28-,29+,30+,33+,34+,35-,36-,37+,38+,41-,42-,43-,44-/m0/s1. The first-order valence-electron chi connectivity index (χ1n) is 22.0. The molecule has 0 radical (unpaired) electrons. The molecule has 0 aromatic heterocycles. The first-order valence-corrected chi connectivity index (χ1v) is 22.0. The van der Waals surface area contributed by atoms with Gasteiger partial charge in [0.1, 0.15) is 54.9 Å². The van der Waals surface area contributed by atoms with Crippen molar-refractivity contribution >= 4 is 23.9 Å². The van der Waals surface area contributed by atoms with E-state index in [0.29, 0.717) is 0 Å². The molecular formula is C44H64O23. The third kappa shape index (κ3) is 11.9. The van der Waals surface area contributed by atoms with Crippen molar-refractivity contribution in [2.24, 2.45) is 35.5 Å². The molecule has 23 heteroatoms. The Morgan fingerprint density at radius 2 is 1.15 bits per heavy atom. The minimum Gasteiger partial charge on any atom is -0.468 e. The lowest BCUT2D eigenvalue weighted by Gasteiger charge is -2.42. The highest BCUT2D eigenvalue weighted by atomic mass is 16.8. The van der Waals surface area contributed by atoms with E-state index in [4.69, 9.17) is 47.4 Å². The predicted molar refractivity (Wildman–Crippen MR) is 221 cm³/mol. The van der Waals surface area contributed by atoms with Crippen LogP contribution in [0.1, 0.15) is 47.0 Å². The molecule has 19 atom stereocenters. The number of hydrogen-bond donors (Lipinski definition) is 9. The Labute approximate surface area is 386 Å². The van der Waals surface area contributed by atoms with Crippen LogP contribution in [0.3, 0.4) is 0 Å². The number of carbonyl (C=O) groups excluding carboxylic acids is 4. The molecule has 3 fully saturated rings. The summed E-state index contributed by atoms with van der Waals surface area (Å²) in [5.74, 6) is -6.83. The van der Waals surface area contributed by atoms with Crippen LogP contribution in [0.4, 0.5) is 0 Å². The van der Waals surface area contributed by atoms with Crippen LogP contribution >= 0.6 is 0 Å². The largest absolute Gasteiger partial charge is 0.468 e. The molecule has 67 heavy (non-hydrogen) atoms. The van der Waals surface area contributed by atoms with Crippen LogP contribution in [0.25, 0.3) is 0 Å². The van der Waals surface area contributed by atoms with E-state index in [-0.39, 0.29) is 53.8 Å². The van der Waals surface area contributed by atoms with Gasteiger partial charge in [-0.25, -0.2) is 9.59 Å². The molecule has 5 aliphatic rings. The Kier molecular flexibility index (Phi) is 19.3. The number of ether oxygens (including phenoxy) is 10. The number of esters is 4. The van der Waals surface area contributed by atoms with Crippen molar-refractivity contribution in [3.63, 3.8) is 0 Å². The fraction of sp³-hybridized carbons (Fsp3) is 0.727. The minimum absolute atomic E-state index is 0.0696. The SMILES string of the molecule is C/C=C1/[C@H](O[C@@H]2O[C@H](CO)[C@@H](O)[C@H](O)[C@H]2O)OC=C(C(=O)OC)[C@H]1CC(=O)OC[C@H]1[C@H](C)[C@@H](OC(=O)C[C@@H]2C(C(=O)OC)=CO[C@@H](O[C@@H]3O[C@H](CO)[C@@H](O)[C@H](O)[C@H]3O)/C2=C/C)C[C@H]1[C@@H](C)CO. The average Bonchev–Trinajstić information content (AvgIpc) is 3.63. The molecule has 5 rings (SSSR count). The molecule has 0 amide bonds. The number of methoxy groups -OCH3 is 2. The van der Waals surface area contributed by atoms with Gasteiger partial charge in [0.2, 0.25) is 12.6 Å². The molecule has 2 saturated heterocycles. The Morgan fingerprint density at radius 3 is 1.55 bits per heavy atom. The van der Waals surface area contributed by atoms with Crippen LogP contribution in [0, 0.1) is 35.5 Å². The highest BCUT2D eigenvalue weighted by Gasteiger charge is 2.50. The summed E-state index contributed by atoms with van der Waals surface area (Å²) >= 11 is 0. The van der Waals surface area contributed by atoms with Crippen LogP contribution in [0.5, 0.6) is 0 Å². The second-order valence-electron chi connectivity index (χ2n) is 17.1. The third-order valence-electron chi connectivity index (χ3n) is 13.3. The zero-order chi connectivity index (χ0) is 49.4. The van der Waals surface area contributed by atoms with Gasteiger partial charge in [-0.3, -0.25) is 9.59 Å². The molecule has 23 nitrogen and oxygen atoms in total. The first-order chi connectivity index (χ1) is 31.9. The van der Waals surface area contributed by atoms with Crippen LogP contribution < -0.4 is 0 Å². The van der Waals surface area contributed by atoms with Crippen molar-refractivity contribution in [2.75, 3.05) is 40.6 Å². The van der Waals surface area contributed by atoms with Crippen molar-refractivity contribution in [1.29, 1.82) is 0 Å². The van der Waals surface area contributed by atoms with Crippen LogP contribution in [0.15, 0.2) is 47.0 Å². The first kappa shape index (κ1) is 53.9. The van der Waals surface area contributed by atoms with Crippen LogP contribution in [-0.2, 0) is 66.5 Å². The summed E-state index contributed by atoms with van der Waals surface area (Å²) in [5, 5.41) is 91.7. The third-order valence-corrected chi connectivity index (χ3v) is 13.3. The lowest BCUT2D eigenvalue weighted by atomic mass is 9.83. The number of aliphatic hydroxyl groups excluding tert-OH is 9. The number of rotatable bonds is 17. The van der Waals surface area contributed by atoms with E-state index in [1.807, 2.05) is 0 Å². The van der Waals surface area contributed by atoms with Gasteiger partial charge in [0, 0.05) is 35.5 Å². The molecule has 0 aromatic carbocycles. The maximum Gasteiger partial charge on any atom is 0.337 e.